The number of hydrogen-bond donors (Lipinski definition) is 1. The van der Waals surface area contributed by atoms with E-state index in [1.807, 2.05) is 10.9 Å². The molecule has 4 nitrogen and oxygen atoms in total. The van der Waals surface area contributed by atoms with E-state index in [1.54, 1.807) is 13.1 Å². The van der Waals surface area contributed by atoms with E-state index in [4.69, 9.17) is 9.84 Å². The largest absolute Gasteiger partial charge is 0.490 e. The van der Waals surface area contributed by atoms with Crippen LogP contribution >= 0.6 is 0 Å². The fourth-order valence-corrected chi connectivity index (χ4v) is 1.02. The van der Waals surface area contributed by atoms with Crippen molar-refractivity contribution >= 4 is 0 Å². The van der Waals surface area contributed by atoms with Gasteiger partial charge in [-0.25, -0.2) is 0 Å². The van der Waals surface area contributed by atoms with Gasteiger partial charge in [-0.15, -0.1) is 0 Å². The van der Waals surface area contributed by atoms with E-state index in [0.717, 1.165) is 5.75 Å². The molecule has 1 rings (SSSR count). The standard InChI is InChI=1S/C10H18N2O2/c1-8(2)12-7-10(6-11-12)14-5-4-9(3)13/h6-9,13H,4-5H2,1-3H3. The Labute approximate surface area is 84.5 Å². The number of aromatic nitrogens is 2. The number of nitrogens with zero attached hydrogens (tertiary/aromatic N) is 2. The lowest BCUT2D eigenvalue weighted by Gasteiger charge is -2.05. The Bertz CT molecular complexity index is 269. The first-order valence-electron chi connectivity index (χ1n) is 4.94. The molecular formula is C10H18N2O2. The van der Waals surface area contributed by atoms with E-state index in [0.29, 0.717) is 19.1 Å². The summed E-state index contributed by atoms with van der Waals surface area (Å²) in [6.45, 7) is 6.40. The summed E-state index contributed by atoms with van der Waals surface area (Å²) in [6, 6.07) is 0.351. The van der Waals surface area contributed by atoms with Gasteiger partial charge in [0.2, 0.25) is 0 Å². The van der Waals surface area contributed by atoms with Gasteiger partial charge in [-0.1, -0.05) is 0 Å². The SMILES string of the molecule is CC(O)CCOc1cnn(C(C)C)c1. The second kappa shape index (κ2) is 5.00. The first kappa shape index (κ1) is 11.0. The average Bonchev–Trinajstić information content (AvgIpc) is 2.52. The van der Waals surface area contributed by atoms with E-state index >= 15 is 0 Å². The molecule has 1 aromatic rings. The van der Waals surface area contributed by atoms with Gasteiger partial charge in [0.1, 0.15) is 0 Å². The fraction of sp³-hybridized carbons (Fsp3) is 0.700. The van der Waals surface area contributed by atoms with Crippen LogP contribution in [0.25, 0.3) is 0 Å². The van der Waals surface area contributed by atoms with Crippen molar-refractivity contribution in [3.63, 3.8) is 0 Å². The second-order valence-electron chi connectivity index (χ2n) is 3.74. The zero-order valence-corrected chi connectivity index (χ0v) is 8.97. The first-order valence-corrected chi connectivity index (χ1v) is 4.94. The molecule has 0 aliphatic carbocycles. The van der Waals surface area contributed by atoms with E-state index in [9.17, 15) is 0 Å². The topological polar surface area (TPSA) is 47.3 Å². The molecular weight excluding hydrogens is 180 g/mol. The maximum Gasteiger partial charge on any atom is 0.157 e. The normalized spacial score (nSPS) is 13.2. The van der Waals surface area contributed by atoms with Gasteiger partial charge in [-0.05, 0) is 20.8 Å². The Hall–Kier alpha value is -1.03. The van der Waals surface area contributed by atoms with Crippen LogP contribution in [0.4, 0.5) is 0 Å². The zero-order chi connectivity index (χ0) is 10.6. The minimum atomic E-state index is -0.310. The first-order chi connectivity index (χ1) is 6.59. The van der Waals surface area contributed by atoms with Crippen LogP contribution in [-0.4, -0.2) is 27.6 Å². The van der Waals surface area contributed by atoms with Crippen LogP contribution in [-0.2, 0) is 0 Å². The van der Waals surface area contributed by atoms with Crippen molar-refractivity contribution in [3.05, 3.63) is 12.4 Å². The zero-order valence-electron chi connectivity index (χ0n) is 8.97. The van der Waals surface area contributed by atoms with E-state index in [-0.39, 0.29) is 6.10 Å². The summed E-state index contributed by atoms with van der Waals surface area (Å²) in [5.41, 5.74) is 0. The molecule has 1 atom stereocenters. The van der Waals surface area contributed by atoms with Crippen LogP contribution in [0.2, 0.25) is 0 Å². The van der Waals surface area contributed by atoms with Crippen molar-refractivity contribution in [1.29, 1.82) is 0 Å². The molecule has 0 aromatic carbocycles. The third kappa shape index (κ3) is 3.38. The van der Waals surface area contributed by atoms with Gasteiger partial charge >= 0.3 is 0 Å². The van der Waals surface area contributed by atoms with Gasteiger partial charge in [-0.2, -0.15) is 5.10 Å². The van der Waals surface area contributed by atoms with Crippen LogP contribution in [0.5, 0.6) is 5.75 Å². The summed E-state index contributed by atoms with van der Waals surface area (Å²) in [7, 11) is 0. The van der Waals surface area contributed by atoms with Crippen molar-refractivity contribution in [3.8, 4) is 5.75 Å². The van der Waals surface area contributed by atoms with Crippen molar-refractivity contribution in [1.82, 2.24) is 9.78 Å². The van der Waals surface area contributed by atoms with Gasteiger partial charge in [0, 0.05) is 12.5 Å². The minimum absolute atomic E-state index is 0.310. The number of aliphatic hydroxyl groups excluding tert-OH is 1. The smallest absolute Gasteiger partial charge is 0.157 e. The molecule has 1 N–H and O–H groups in total. The molecule has 0 radical (unpaired) electrons. The molecule has 14 heavy (non-hydrogen) atoms. The van der Waals surface area contributed by atoms with Gasteiger partial charge in [0.05, 0.1) is 25.1 Å². The number of hydrogen-bond acceptors (Lipinski definition) is 3. The lowest BCUT2D eigenvalue weighted by atomic mass is 10.3. The average molecular weight is 198 g/mol. The number of aliphatic hydroxyl groups is 1. The predicted molar refractivity (Wildman–Crippen MR) is 54.4 cm³/mol. The maximum absolute atomic E-state index is 9.02. The van der Waals surface area contributed by atoms with Gasteiger partial charge in [-0.3, -0.25) is 4.68 Å². The Morgan fingerprint density at radius 2 is 2.21 bits per heavy atom. The molecule has 0 bridgehead atoms. The van der Waals surface area contributed by atoms with E-state index < -0.39 is 0 Å². The molecule has 0 spiro atoms. The Balaban J connectivity index is 2.36. The van der Waals surface area contributed by atoms with Crippen LogP contribution in [0, 0.1) is 0 Å². The Morgan fingerprint density at radius 3 is 2.71 bits per heavy atom. The summed E-state index contributed by atoms with van der Waals surface area (Å²) < 4.78 is 7.25. The summed E-state index contributed by atoms with van der Waals surface area (Å²) >= 11 is 0. The molecule has 4 heteroatoms. The third-order valence-electron chi connectivity index (χ3n) is 1.91. The molecule has 1 heterocycles. The van der Waals surface area contributed by atoms with Crippen molar-refractivity contribution in [2.24, 2.45) is 0 Å². The van der Waals surface area contributed by atoms with Gasteiger partial charge in [0.15, 0.2) is 5.75 Å². The van der Waals surface area contributed by atoms with Crippen LogP contribution in [0.3, 0.4) is 0 Å². The molecule has 0 saturated carbocycles. The highest BCUT2D eigenvalue weighted by Crippen LogP contribution is 2.12. The third-order valence-corrected chi connectivity index (χ3v) is 1.91. The highest BCUT2D eigenvalue weighted by molar-refractivity contribution is 5.11. The predicted octanol–water partition coefficient (Wildman–Crippen LogP) is 1.61. The monoisotopic (exact) mass is 198 g/mol. The molecule has 80 valence electrons. The Kier molecular flexibility index (Phi) is 3.95. The number of rotatable bonds is 5. The highest BCUT2D eigenvalue weighted by Gasteiger charge is 2.02. The van der Waals surface area contributed by atoms with Crippen molar-refractivity contribution in [2.75, 3.05) is 6.61 Å². The van der Waals surface area contributed by atoms with Gasteiger partial charge in [0.25, 0.3) is 0 Å². The van der Waals surface area contributed by atoms with E-state index in [2.05, 4.69) is 18.9 Å². The number of ether oxygens (including phenoxy) is 1. The Morgan fingerprint density at radius 1 is 1.50 bits per heavy atom. The summed E-state index contributed by atoms with van der Waals surface area (Å²) in [5.74, 6) is 0.763. The molecule has 0 aliphatic rings. The molecule has 0 saturated heterocycles. The molecule has 1 aromatic heterocycles. The second-order valence-corrected chi connectivity index (χ2v) is 3.74. The fourth-order valence-electron chi connectivity index (χ4n) is 1.02. The highest BCUT2D eigenvalue weighted by atomic mass is 16.5. The molecule has 0 fully saturated rings. The molecule has 0 amide bonds. The van der Waals surface area contributed by atoms with Crippen LogP contribution in [0.15, 0.2) is 12.4 Å². The molecule has 0 aliphatic heterocycles. The van der Waals surface area contributed by atoms with Gasteiger partial charge < -0.3 is 9.84 Å². The van der Waals surface area contributed by atoms with Crippen LogP contribution in [0.1, 0.15) is 33.2 Å². The van der Waals surface area contributed by atoms with Crippen molar-refractivity contribution in [2.45, 2.75) is 39.3 Å². The maximum atomic E-state index is 9.02. The van der Waals surface area contributed by atoms with Crippen LogP contribution < -0.4 is 4.74 Å². The lowest BCUT2D eigenvalue weighted by molar-refractivity contribution is 0.155. The summed E-state index contributed by atoms with van der Waals surface area (Å²) in [6.07, 6.45) is 3.90. The minimum Gasteiger partial charge on any atom is -0.490 e. The quantitative estimate of drug-likeness (QED) is 0.782. The lowest BCUT2D eigenvalue weighted by Crippen LogP contribution is -2.07. The summed E-state index contributed by atoms with van der Waals surface area (Å²) in [4.78, 5) is 0. The van der Waals surface area contributed by atoms with Crippen molar-refractivity contribution < 1.29 is 9.84 Å². The van der Waals surface area contributed by atoms with E-state index in [1.165, 1.54) is 0 Å². The molecule has 1 unspecified atom stereocenters. The summed E-state index contributed by atoms with van der Waals surface area (Å²) in [5, 5.41) is 13.2.